The van der Waals surface area contributed by atoms with Crippen LogP contribution in [0.25, 0.3) is 105 Å². The molecule has 0 fully saturated rings. The van der Waals surface area contributed by atoms with Crippen LogP contribution in [0.1, 0.15) is 0 Å². The maximum absolute atomic E-state index is 7.19. The first-order chi connectivity index (χ1) is 32.6. The van der Waals surface area contributed by atoms with E-state index in [0.29, 0.717) is 39.8 Å². The quantitative estimate of drug-likeness (QED) is 0.166. The second-order valence-electron chi connectivity index (χ2n) is 16.6. The van der Waals surface area contributed by atoms with E-state index in [1.54, 1.807) is 4.57 Å². The van der Waals surface area contributed by atoms with Crippen LogP contribution in [0.3, 0.4) is 0 Å². The van der Waals surface area contributed by atoms with Crippen LogP contribution in [0.15, 0.2) is 101 Å². The van der Waals surface area contributed by atoms with Gasteiger partial charge in [-0.3, -0.25) is 0 Å². The Morgan fingerprint density at radius 1 is 0.338 bits per heavy atom. The Morgan fingerprint density at radius 3 is 1.37 bits per heavy atom. The molecule has 3 heterocycles. The third-order valence-corrected chi connectivity index (χ3v) is 12.8. The summed E-state index contributed by atoms with van der Waals surface area (Å²) in [5.74, 6) is 1.26. The number of nitrogens with zero attached hydrogens (tertiary/aromatic N) is 4. The Labute approximate surface area is 410 Å². The number of rotatable bonds is 5. The summed E-state index contributed by atoms with van der Waals surface area (Å²) < 4.78 is 8.09. The van der Waals surface area contributed by atoms with Gasteiger partial charge in [-0.05, 0) is 45.5 Å². The molecule has 8 aromatic carbocycles. The van der Waals surface area contributed by atoms with Gasteiger partial charge in [-0.2, -0.15) is 0 Å². The van der Waals surface area contributed by atoms with Gasteiger partial charge in [-0.25, -0.2) is 15.0 Å². The first-order valence-corrected chi connectivity index (χ1v) is 21.0. The van der Waals surface area contributed by atoms with Crippen molar-refractivity contribution in [3.05, 3.63) is 97.1 Å². The van der Waals surface area contributed by atoms with Crippen LogP contribution < -0.4 is 76.5 Å². The Balaban J connectivity index is 1.24. The summed E-state index contributed by atoms with van der Waals surface area (Å²) in [5.41, 5.74) is 4.61. The molecule has 0 aliphatic rings. The van der Waals surface area contributed by atoms with E-state index in [1.165, 1.54) is 0 Å². The fourth-order valence-electron chi connectivity index (χ4n) is 9.49. The van der Waals surface area contributed by atoms with Gasteiger partial charge >= 0.3 is 0 Å². The Kier molecular flexibility index (Phi) is 10.4. The van der Waals surface area contributed by atoms with E-state index in [-0.39, 0.29) is 120 Å². The molecule has 11 rings (SSSR count). The minimum atomic E-state index is -0.0367. The topological polar surface area (TPSA) is 56.7 Å². The van der Waals surface area contributed by atoms with E-state index in [0.717, 1.165) is 21.9 Å². The minimum Gasteiger partial charge on any atom is -0.456 e. The molecule has 0 saturated carbocycles. The molecule has 280 valence electrons. The number of furan rings is 1. The van der Waals surface area contributed by atoms with Crippen molar-refractivity contribution in [3.8, 4) is 51.0 Å². The van der Waals surface area contributed by atoms with Gasteiger partial charge in [0.2, 0.25) is 0 Å². The van der Waals surface area contributed by atoms with Crippen molar-refractivity contribution >= 4 is 241 Å². The monoisotopic (exact) mass is 830 g/mol. The van der Waals surface area contributed by atoms with E-state index >= 15 is 0 Å². The second kappa shape index (κ2) is 16.1. The lowest BCUT2D eigenvalue weighted by atomic mass is 9.60. The number of aromatic nitrogens is 4. The van der Waals surface area contributed by atoms with Crippen molar-refractivity contribution in [2.75, 3.05) is 0 Å². The van der Waals surface area contributed by atoms with Crippen molar-refractivity contribution in [3.63, 3.8) is 0 Å². The molecule has 0 bridgehead atoms. The van der Waals surface area contributed by atoms with Gasteiger partial charge in [0.05, 0.1) is 0 Å². The molecule has 0 unspecified atom stereocenters. The highest BCUT2D eigenvalue weighted by Crippen LogP contribution is 2.39. The molecule has 28 radical (unpaired) electrons. The van der Waals surface area contributed by atoms with Crippen molar-refractivity contribution in [2.45, 2.75) is 0 Å². The molecule has 0 spiro atoms. The molecule has 68 heavy (non-hydrogen) atoms. The number of para-hydroxylation sites is 1. The maximum Gasteiger partial charge on any atom is 0.164 e. The summed E-state index contributed by atoms with van der Waals surface area (Å²) >= 11 is 0. The fourth-order valence-corrected chi connectivity index (χ4v) is 9.49. The maximum atomic E-state index is 7.19. The third-order valence-electron chi connectivity index (χ3n) is 12.8. The summed E-state index contributed by atoms with van der Waals surface area (Å²) in [6.07, 6.45) is 0. The largest absolute Gasteiger partial charge is 0.456 e. The van der Waals surface area contributed by atoms with Gasteiger partial charge in [-0.1, -0.05) is 133 Å². The van der Waals surface area contributed by atoms with E-state index in [9.17, 15) is 0 Å². The summed E-state index contributed by atoms with van der Waals surface area (Å²) in [6.45, 7) is 0. The molecule has 0 aliphatic heterocycles. The predicted octanol–water partition coefficient (Wildman–Crippen LogP) is -4.20. The Morgan fingerprint density at radius 2 is 0.794 bits per heavy atom. The zero-order chi connectivity index (χ0) is 47.8. The lowest BCUT2D eigenvalue weighted by Crippen LogP contribution is -2.50. The van der Waals surface area contributed by atoms with Gasteiger partial charge in [0.25, 0.3) is 0 Å². The highest BCUT2D eigenvalue weighted by Gasteiger charge is 2.28. The SMILES string of the molecule is [B]c1c([B])c(-n2c3c([B])c([B])c([B])c([B])c3c3c([B])c4c([B])c([B])c([B])c([B])c4c([B])c32)c([B])c([B])c1-c1cc(-c2nc(-c3ccccc3)nc(-c3ccccc3)n2)c2c(c1)oc1ccccc12. The predicted molar refractivity (Wildman–Crippen MR) is 296 cm³/mol. The molecule has 0 saturated heterocycles. The molecule has 5 nitrogen and oxygen atoms in total. The molecule has 0 amide bonds. The third kappa shape index (κ3) is 6.26. The van der Waals surface area contributed by atoms with Crippen LogP contribution in [0, 0.1) is 0 Å². The standard InChI is InChI=1S/C49H16B14N4O/c50-30-26-27(34(54)38(58)37(57)33(26)53)36(56)44-28(30)29-35(55)39(59)40(60)43(63)45(29)67(44)46-41(61)31(51)24(32(52)42(46)62)19-15-21(25-20-13-7-8-14-22(20)68-23(25)16-19)49-65-47(17-9-3-1-4-10-17)64-48(66-49)18-11-5-2-6-12-18/h1-16H. The van der Waals surface area contributed by atoms with E-state index in [2.05, 4.69) is 0 Å². The molecular formula is C49H16B14N4O. The van der Waals surface area contributed by atoms with Gasteiger partial charge in [0.1, 0.15) is 121 Å². The summed E-state index contributed by atoms with van der Waals surface area (Å²) in [7, 11) is 95.4. The lowest BCUT2D eigenvalue weighted by molar-refractivity contribution is 0.669. The first kappa shape index (κ1) is 44.1. The lowest BCUT2D eigenvalue weighted by Gasteiger charge is -2.27. The fraction of sp³-hybridized carbons (Fsp3) is 0. The normalized spacial score (nSPS) is 11.8. The number of hydrogen-bond donors (Lipinski definition) is 0. The average molecular weight is 828 g/mol. The van der Waals surface area contributed by atoms with Crippen LogP contribution in [0.5, 0.6) is 0 Å². The van der Waals surface area contributed by atoms with Crippen LogP contribution in [0.4, 0.5) is 0 Å². The number of benzene rings is 8. The Bertz CT molecular complexity index is 3940. The van der Waals surface area contributed by atoms with Crippen molar-refractivity contribution in [1.29, 1.82) is 0 Å². The number of fused-ring (bicyclic) bond motifs is 7. The van der Waals surface area contributed by atoms with Crippen LogP contribution >= 0.6 is 0 Å². The van der Waals surface area contributed by atoms with E-state index in [1.807, 2.05) is 97.1 Å². The average Bonchev–Trinajstić information content (AvgIpc) is 3.91. The zero-order valence-corrected chi connectivity index (χ0v) is 36.0. The minimum absolute atomic E-state index is 0.00182. The molecule has 0 N–H and O–H groups in total. The first-order valence-electron chi connectivity index (χ1n) is 21.0. The Hall–Kier alpha value is -6.46. The van der Waals surface area contributed by atoms with E-state index < -0.39 is 0 Å². The molecular weight excluding hydrogens is 812 g/mol. The molecule has 0 aliphatic carbocycles. The molecule has 3 aromatic heterocycles. The van der Waals surface area contributed by atoms with Gasteiger partial charge in [-0.15, -0.1) is 21.9 Å². The smallest absolute Gasteiger partial charge is 0.164 e. The summed E-state index contributed by atoms with van der Waals surface area (Å²) in [5, 5.41) is 2.50. The van der Waals surface area contributed by atoms with Crippen molar-refractivity contribution < 1.29 is 4.42 Å². The molecule has 19 heteroatoms. The van der Waals surface area contributed by atoms with Crippen LogP contribution in [0.2, 0.25) is 0 Å². The van der Waals surface area contributed by atoms with Crippen molar-refractivity contribution in [2.24, 2.45) is 0 Å². The summed E-state index contributed by atoms with van der Waals surface area (Å²) in [4.78, 5) is 15.1. The second-order valence-corrected chi connectivity index (χ2v) is 16.6. The van der Waals surface area contributed by atoms with Gasteiger partial charge < -0.3 is 8.98 Å². The number of hydrogen-bond acceptors (Lipinski definition) is 4. The summed E-state index contributed by atoms with van der Waals surface area (Å²) in [6, 6.07) is 30.6. The van der Waals surface area contributed by atoms with Crippen LogP contribution in [-0.2, 0) is 0 Å². The van der Waals surface area contributed by atoms with E-state index in [4.69, 9.17) is 129 Å². The molecule has 0 atom stereocenters. The molecule has 11 aromatic rings. The zero-order valence-electron chi connectivity index (χ0n) is 36.0. The van der Waals surface area contributed by atoms with Crippen LogP contribution in [-0.4, -0.2) is 129 Å². The van der Waals surface area contributed by atoms with Crippen molar-refractivity contribution in [1.82, 2.24) is 19.5 Å². The van der Waals surface area contributed by atoms with Gasteiger partial charge in [0, 0.05) is 49.6 Å². The van der Waals surface area contributed by atoms with Gasteiger partial charge in [0.15, 0.2) is 17.5 Å². The highest BCUT2D eigenvalue weighted by molar-refractivity contribution is 6.74. The highest BCUT2D eigenvalue weighted by atomic mass is 16.3.